The zero-order valence-electron chi connectivity index (χ0n) is 16.4. The normalized spacial score (nSPS) is 14.2. The van der Waals surface area contributed by atoms with Crippen molar-refractivity contribution in [3.63, 3.8) is 0 Å². The molecule has 1 N–H and O–H groups in total. The minimum absolute atomic E-state index is 0.0561. The van der Waals surface area contributed by atoms with Crippen LogP contribution in [0.25, 0.3) is 11.0 Å². The molecule has 0 aliphatic carbocycles. The molecule has 2 heterocycles. The summed E-state index contributed by atoms with van der Waals surface area (Å²) in [6.07, 6.45) is -0.791. The Morgan fingerprint density at radius 2 is 1.52 bits per heavy atom. The van der Waals surface area contributed by atoms with Crippen LogP contribution in [0.4, 0.5) is 5.69 Å². The molecule has 0 saturated heterocycles. The van der Waals surface area contributed by atoms with Crippen molar-refractivity contribution in [3.8, 4) is 5.75 Å². The first-order valence-corrected chi connectivity index (χ1v) is 9.79. The molecule has 1 aliphatic heterocycles. The third kappa shape index (κ3) is 3.43. The third-order valence-corrected chi connectivity index (χ3v) is 5.14. The van der Waals surface area contributed by atoms with E-state index in [4.69, 9.17) is 4.74 Å². The number of rotatable bonds is 6. The molecular weight excluding hydrogens is 396 g/mol. The molecule has 0 radical (unpaired) electrons. The Kier molecular flexibility index (Phi) is 4.68. The summed E-state index contributed by atoms with van der Waals surface area (Å²) in [7, 11) is 0. The smallest absolute Gasteiger partial charge is 0.266 e. The Bertz CT molecular complexity index is 1250. The molecular formula is C23H18N4O4. The first-order valence-electron chi connectivity index (χ1n) is 9.79. The second-order valence-corrected chi connectivity index (χ2v) is 7.21. The number of aliphatic hydroxyl groups excluding tert-OH is 1. The molecule has 0 fully saturated rings. The van der Waals surface area contributed by atoms with E-state index in [9.17, 15) is 14.7 Å². The summed E-state index contributed by atoms with van der Waals surface area (Å²) < 4.78 is 7.30. The molecule has 4 aromatic rings. The summed E-state index contributed by atoms with van der Waals surface area (Å²) in [6.45, 7) is 0.300. The predicted octanol–water partition coefficient (Wildman–Crippen LogP) is 2.67. The summed E-state index contributed by atoms with van der Waals surface area (Å²) in [5, 5.41) is 18.5. The highest BCUT2D eigenvalue weighted by molar-refractivity contribution is 6.34. The summed E-state index contributed by atoms with van der Waals surface area (Å²) >= 11 is 0. The van der Waals surface area contributed by atoms with Gasteiger partial charge in [-0.25, -0.2) is 9.58 Å². The fourth-order valence-corrected chi connectivity index (χ4v) is 3.61. The van der Waals surface area contributed by atoms with Crippen molar-refractivity contribution in [3.05, 3.63) is 83.9 Å². The van der Waals surface area contributed by atoms with Gasteiger partial charge in [-0.15, -0.1) is 5.10 Å². The molecule has 1 aromatic heterocycles. The number of nitrogens with zero attached hydrogens (tertiary/aromatic N) is 4. The van der Waals surface area contributed by atoms with Crippen LogP contribution in [-0.2, 0) is 6.54 Å². The van der Waals surface area contributed by atoms with Crippen LogP contribution in [0.15, 0.2) is 72.8 Å². The summed E-state index contributed by atoms with van der Waals surface area (Å²) in [5.41, 5.74) is 2.87. The second-order valence-electron chi connectivity index (χ2n) is 7.21. The zero-order chi connectivity index (χ0) is 21.4. The first-order chi connectivity index (χ1) is 15.1. The number of amides is 2. The average molecular weight is 414 g/mol. The van der Waals surface area contributed by atoms with Crippen molar-refractivity contribution in [2.75, 3.05) is 11.5 Å². The van der Waals surface area contributed by atoms with Crippen LogP contribution in [-0.4, -0.2) is 44.6 Å². The van der Waals surface area contributed by atoms with E-state index in [1.165, 1.54) is 0 Å². The second kappa shape index (κ2) is 7.66. The van der Waals surface area contributed by atoms with E-state index in [2.05, 4.69) is 10.3 Å². The van der Waals surface area contributed by atoms with Gasteiger partial charge in [0.1, 0.15) is 24.0 Å². The number of aromatic nitrogens is 3. The largest absolute Gasteiger partial charge is 0.491 e. The number of anilines is 1. The Labute approximate surface area is 177 Å². The maximum absolute atomic E-state index is 12.6. The number of hydrogen-bond acceptors (Lipinski definition) is 6. The number of para-hydroxylation sites is 1. The highest BCUT2D eigenvalue weighted by Gasteiger charge is 2.36. The predicted molar refractivity (Wildman–Crippen MR) is 113 cm³/mol. The third-order valence-electron chi connectivity index (χ3n) is 5.14. The van der Waals surface area contributed by atoms with Gasteiger partial charge in [0.2, 0.25) is 0 Å². The van der Waals surface area contributed by atoms with Gasteiger partial charge in [-0.2, -0.15) is 0 Å². The Hall–Kier alpha value is -4.04. The fourth-order valence-electron chi connectivity index (χ4n) is 3.61. The Morgan fingerprint density at radius 1 is 0.871 bits per heavy atom. The molecule has 8 nitrogen and oxygen atoms in total. The van der Waals surface area contributed by atoms with E-state index in [1.807, 2.05) is 24.3 Å². The number of ether oxygens (including phenoxy) is 1. The molecule has 8 heteroatoms. The summed E-state index contributed by atoms with van der Waals surface area (Å²) in [4.78, 5) is 26.3. The molecule has 1 aliphatic rings. The molecule has 0 bridgehead atoms. The highest BCUT2D eigenvalue weighted by Crippen LogP contribution is 2.29. The van der Waals surface area contributed by atoms with Gasteiger partial charge in [0.25, 0.3) is 11.8 Å². The number of aliphatic hydroxyl groups is 1. The molecule has 0 saturated carbocycles. The Balaban J connectivity index is 1.23. The van der Waals surface area contributed by atoms with Crippen molar-refractivity contribution in [2.45, 2.75) is 12.6 Å². The minimum atomic E-state index is -0.791. The van der Waals surface area contributed by atoms with Gasteiger partial charge in [-0.3, -0.25) is 9.59 Å². The maximum atomic E-state index is 12.6. The highest BCUT2D eigenvalue weighted by atomic mass is 16.5. The van der Waals surface area contributed by atoms with E-state index in [0.29, 0.717) is 22.6 Å². The number of carbonyl (C=O) groups is 2. The van der Waals surface area contributed by atoms with Crippen molar-refractivity contribution in [1.29, 1.82) is 0 Å². The number of fused-ring (bicyclic) bond motifs is 2. The van der Waals surface area contributed by atoms with E-state index in [-0.39, 0.29) is 25.0 Å². The molecule has 31 heavy (non-hydrogen) atoms. The fraction of sp³-hybridized carbons (Fsp3) is 0.130. The lowest BCUT2D eigenvalue weighted by molar-refractivity contribution is 0.0899. The van der Waals surface area contributed by atoms with Gasteiger partial charge in [0, 0.05) is 0 Å². The van der Waals surface area contributed by atoms with Gasteiger partial charge in [0.15, 0.2) is 0 Å². The van der Waals surface area contributed by atoms with Crippen LogP contribution < -0.4 is 9.64 Å². The van der Waals surface area contributed by atoms with Crippen LogP contribution in [0.2, 0.25) is 0 Å². The molecule has 0 spiro atoms. The summed E-state index contributed by atoms with van der Waals surface area (Å²) in [6, 6.07) is 20.9. The topological polar surface area (TPSA) is 97.6 Å². The van der Waals surface area contributed by atoms with Crippen LogP contribution in [0.5, 0.6) is 5.75 Å². The number of benzene rings is 3. The lowest BCUT2D eigenvalue weighted by Gasteiger charge is -2.16. The van der Waals surface area contributed by atoms with Crippen LogP contribution in [0.1, 0.15) is 20.7 Å². The number of imide groups is 1. The molecule has 154 valence electrons. The first kappa shape index (κ1) is 19.0. The van der Waals surface area contributed by atoms with Gasteiger partial charge in [-0.1, -0.05) is 29.5 Å². The van der Waals surface area contributed by atoms with Gasteiger partial charge in [0.05, 0.1) is 28.9 Å². The van der Waals surface area contributed by atoms with Gasteiger partial charge < -0.3 is 9.84 Å². The average Bonchev–Trinajstić information content (AvgIpc) is 3.32. The van der Waals surface area contributed by atoms with Gasteiger partial charge >= 0.3 is 0 Å². The minimum Gasteiger partial charge on any atom is -0.491 e. The zero-order valence-corrected chi connectivity index (χ0v) is 16.4. The van der Waals surface area contributed by atoms with E-state index < -0.39 is 6.10 Å². The van der Waals surface area contributed by atoms with Crippen molar-refractivity contribution in [2.24, 2.45) is 0 Å². The SMILES string of the molecule is O=C1c2ccccc2C(=O)N1c1ccc(OC[C@@H](O)Cn2nnc3ccccc32)cc1. The molecule has 3 aromatic carbocycles. The van der Waals surface area contributed by atoms with Crippen molar-refractivity contribution in [1.82, 2.24) is 15.0 Å². The molecule has 1 atom stereocenters. The lowest BCUT2D eigenvalue weighted by Crippen LogP contribution is -2.29. The lowest BCUT2D eigenvalue weighted by atomic mass is 10.1. The molecule has 2 amide bonds. The van der Waals surface area contributed by atoms with E-state index >= 15 is 0 Å². The molecule has 0 unspecified atom stereocenters. The monoisotopic (exact) mass is 414 g/mol. The summed E-state index contributed by atoms with van der Waals surface area (Å²) in [5.74, 6) is -0.169. The quantitative estimate of drug-likeness (QED) is 0.487. The van der Waals surface area contributed by atoms with Crippen LogP contribution in [0.3, 0.4) is 0 Å². The Morgan fingerprint density at radius 3 is 2.23 bits per heavy atom. The van der Waals surface area contributed by atoms with Crippen molar-refractivity contribution >= 4 is 28.5 Å². The van der Waals surface area contributed by atoms with E-state index in [1.54, 1.807) is 53.2 Å². The standard InChI is InChI=1S/C23H18N4O4/c28-16(13-26-21-8-4-3-7-20(21)24-25-26)14-31-17-11-9-15(10-12-17)27-22(29)18-5-1-2-6-19(18)23(27)30/h1-12,16,28H,13-14H2/t16-/m0/s1. The number of hydrogen-bond donors (Lipinski definition) is 1. The van der Waals surface area contributed by atoms with Crippen molar-refractivity contribution < 1.29 is 19.4 Å². The van der Waals surface area contributed by atoms with Crippen LogP contribution >= 0.6 is 0 Å². The maximum Gasteiger partial charge on any atom is 0.266 e. The molecule has 5 rings (SSSR count). The van der Waals surface area contributed by atoms with Gasteiger partial charge in [-0.05, 0) is 48.5 Å². The number of carbonyl (C=O) groups excluding carboxylic acids is 2. The van der Waals surface area contributed by atoms with E-state index in [0.717, 1.165) is 15.9 Å². The van der Waals surface area contributed by atoms with Crippen LogP contribution in [0, 0.1) is 0 Å².